The molecule has 76 valence electrons. The van der Waals surface area contributed by atoms with Gasteiger partial charge in [-0.3, -0.25) is 0 Å². The van der Waals surface area contributed by atoms with E-state index in [9.17, 15) is 0 Å². The minimum absolute atomic E-state index is 0.250. The summed E-state index contributed by atoms with van der Waals surface area (Å²) in [6.07, 6.45) is 2.46. The Kier molecular flexibility index (Phi) is 9.10. The van der Waals surface area contributed by atoms with Gasteiger partial charge in [-0.25, -0.2) is 0 Å². The van der Waals surface area contributed by atoms with Crippen LogP contribution in [0, 0.1) is 5.41 Å². The van der Waals surface area contributed by atoms with Crippen molar-refractivity contribution in [3.63, 3.8) is 0 Å². The lowest BCUT2D eigenvalue weighted by Gasteiger charge is -2.28. The molecule has 0 saturated heterocycles. The van der Waals surface area contributed by atoms with Crippen molar-refractivity contribution in [3.05, 3.63) is 0 Å². The molecule has 2 heteroatoms. The van der Waals surface area contributed by atoms with Gasteiger partial charge in [-0.1, -0.05) is 27.2 Å². The molecule has 0 aromatic rings. The highest BCUT2D eigenvalue weighted by Crippen LogP contribution is 2.24. The predicted molar refractivity (Wildman–Crippen MR) is 55.1 cm³/mol. The van der Waals surface area contributed by atoms with E-state index in [1.54, 1.807) is 6.92 Å². The Labute approximate surface area is 77.2 Å². The molecule has 0 fully saturated rings. The summed E-state index contributed by atoms with van der Waals surface area (Å²) in [5, 5.41) is 7.57. The average Bonchev–Trinajstić information content (AvgIpc) is 1.88. The van der Waals surface area contributed by atoms with Gasteiger partial charge in [-0.05, 0) is 25.7 Å². The first-order valence-electron chi connectivity index (χ1n) is 4.78. The Morgan fingerprint density at radius 1 is 1.33 bits per heavy atom. The van der Waals surface area contributed by atoms with Crippen LogP contribution in [0.5, 0.6) is 0 Å². The number of hydrogen-bond acceptors (Lipinski definition) is 2. The van der Waals surface area contributed by atoms with Crippen molar-refractivity contribution in [2.75, 3.05) is 6.61 Å². The lowest BCUT2D eigenvalue weighted by Crippen LogP contribution is -2.34. The van der Waals surface area contributed by atoms with E-state index in [-0.39, 0.29) is 6.61 Å². The van der Waals surface area contributed by atoms with Crippen molar-refractivity contribution in [2.45, 2.75) is 53.5 Å². The predicted octanol–water partition coefficient (Wildman–Crippen LogP) is 2.16. The smallest absolute Gasteiger partial charge is 0.0402 e. The molecule has 0 bridgehead atoms. The SMILES string of the molecule is CCCC(C)(C)C(C)N.CCO. The van der Waals surface area contributed by atoms with E-state index < -0.39 is 0 Å². The van der Waals surface area contributed by atoms with Crippen LogP contribution in [-0.4, -0.2) is 17.8 Å². The van der Waals surface area contributed by atoms with Gasteiger partial charge in [-0.2, -0.15) is 0 Å². The van der Waals surface area contributed by atoms with E-state index in [0.29, 0.717) is 11.5 Å². The van der Waals surface area contributed by atoms with Crippen molar-refractivity contribution in [1.29, 1.82) is 0 Å². The van der Waals surface area contributed by atoms with Gasteiger partial charge < -0.3 is 10.8 Å². The van der Waals surface area contributed by atoms with Crippen molar-refractivity contribution in [3.8, 4) is 0 Å². The molecule has 12 heavy (non-hydrogen) atoms. The molecule has 0 radical (unpaired) electrons. The second kappa shape index (κ2) is 7.56. The fraction of sp³-hybridized carbons (Fsp3) is 1.00. The molecular formula is C10H25NO. The standard InChI is InChI=1S/C8H19N.C2H6O/c1-5-6-8(3,4)7(2)9;1-2-3/h7H,5-6,9H2,1-4H3;3H,2H2,1H3. The van der Waals surface area contributed by atoms with E-state index in [1.807, 2.05) is 0 Å². The van der Waals surface area contributed by atoms with Crippen molar-refractivity contribution < 1.29 is 5.11 Å². The molecule has 0 rings (SSSR count). The second-order valence-corrected chi connectivity index (χ2v) is 3.84. The molecule has 1 unspecified atom stereocenters. The molecule has 0 aliphatic heterocycles. The molecule has 0 aromatic carbocycles. The zero-order chi connectivity index (χ0) is 10.2. The number of aliphatic hydroxyl groups is 1. The van der Waals surface area contributed by atoms with E-state index in [2.05, 4.69) is 27.7 Å². The Balaban J connectivity index is 0. The van der Waals surface area contributed by atoms with Crippen molar-refractivity contribution in [2.24, 2.45) is 11.1 Å². The zero-order valence-electron chi connectivity index (χ0n) is 9.22. The summed E-state index contributed by atoms with van der Waals surface area (Å²) in [6, 6.07) is 0.317. The lowest BCUT2D eigenvalue weighted by atomic mass is 9.82. The van der Waals surface area contributed by atoms with E-state index in [1.165, 1.54) is 12.8 Å². The largest absolute Gasteiger partial charge is 0.397 e. The van der Waals surface area contributed by atoms with Crippen LogP contribution in [0.4, 0.5) is 0 Å². The molecule has 1 atom stereocenters. The first-order valence-corrected chi connectivity index (χ1v) is 4.78. The van der Waals surface area contributed by atoms with Crippen LogP contribution in [0.3, 0.4) is 0 Å². The molecular weight excluding hydrogens is 150 g/mol. The van der Waals surface area contributed by atoms with Gasteiger partial charge in [0.2, 0.25) is 0 Å². The molecule has 0 amide bonds. The second-order valence-electron chi connectivity index (χ2n) is 3.84. The van der Waals surface area contributed by atoms with Gasteiger partial charge in [0, 0.05) is 12.6 Å². The Morgan fingerprint density at radius 3 is 1.75 bits per heavy atom. The normalized spacial score (nSPS) is 13.2. The van der Waals surface area contributed by atoms with Gasteiger partial charge in [0.1, 0.15) is 0 Å². The molecule has 0 aliphatic carbocycles. The average molecular weight is 175 g/mol. The third-order valence-electron chi connectivity index (χ3n) is 2.13. The van der Waals surface area contributed by atoms with Crippen molar-refractivity contribution >= 4 is 0 Å². The maximum absolute atomic E-state index is 7.57. The van der Waals surface area contributed by atoms with Gasteiger partial charge in [0.25, 0.3) is 0 Å². The van der Waals surface area contributed by atoms with Crippen LogP contribution in [0.25, 0.3) is 0 Å². The van der Waals surface area contributed by atoms with E-state index >= 15 is 0 Å². The topological polar surface area (TPSA) is 46.2 Å². The van der Waals surface area contributed by atoms with Gasteiger partial charge in [0.05, 0.1) is 0 Å². The Hall–Kier alpha value is -0.0800. The van der Waals surface area contributed by atoms with Crippen LogP contribution in [0.15, 0.2) is 0 Å². The van der Waals surface area contributed by atoms with Gasteiger partial charge in [-0.15, -0.1) is 0 Å². The first-order chi connectivity index (χ1) is 5.42. The Bertz CT molecular complexity index is 89.8. The molecule has 0 saturated carbocycles. The minimum atomic E-state index is 0.250. The van der Waals surface area contributed by atoms with Crippen LogP contribution in [0.1, 0.15) is 47.5 Å². The van der Waals surface area contributed by atoms with Crippen LogP contribution in [-0.2, 0) is 0 Å². The summed E-state index contributed by atoms with van der Waals surface area (Å²) in [5.74, 6) is 0. The quantitative estimate of drug-likeness (QED) is 0.690. The van der Waals surface area contributed by atoms with Crippen LogP contribution in [0.2, 0.25) is 0 Å². The molecule has 0 aromatic heterocycles. The molecule has 0 heterocycles. The molecule has 0 spiro atoms. The highest BCUT2D eigenvalue weighted by atomic mass is 16.2. The molecule has 2 nitrogen and oxygen atoms in total. The number of hydrogen-bond donors (Lipinski definition) is 2. The maximum Gasteiger partial charge on any atom is 0.0402 e. The monoisotopic (exact) mass is 175 g/mol. The van der Waals surface area contributed by atoms with E-state index in [4.69, 9.17) is 10.8 Å². The summed E-state index contributed by atoms with van der Waals surface area (Å²) in [4.78, 5) is 0. The number of nitrogens with two attached hydrogens (primary N) is 1. The molecule has 3 N–H and O–H groups in total. The fourth-order valence-corrected chi connectivity index (χ4v) is 0.872. The highest BCUT2D eigenvalue weighted by molar-refractivity contribution is 4.76. The lowest BCUT2D eigenvalue weighted by molar-refractivity contribution is 0.274. The van der Waals surface area contributed by atoms with Crippen LogP contribution >= 0.6 is 0 Å². The zero-order valence-corrected chi connectivity index (χ0v) is 9.22. The van der Waals surface area contributed by atoms with Crippen LogP contribution < -0.4 is 5.73 Å². The maximum atomic E-state index is 7.57. The third kappa shape index (κ3) is 8.02. The van der Waals surface area contributed by atoms with E-state index in [0.717, 1.165) is 0 Å². The molecule has 0 aliphatic rings. The number of aliphatic hydroxyl groups excluding tert-OH is 1. The number of rotatable bonds is 3. The summed E-state index contributed by atoms with van der Waals surface area (Å²) < 4.78 is 0. The summed E-state index contributed by atoms with van der Waals surface area (Å²) in [6.45, 7) is 10.7. The highest BCUT2D eigenvalue weighted by Gasteiger charge is 2.20. The first kappa shape index (κ1) is 14.4. The summed E-state index contributed by atoms with van der Waals surface area (Å²) in [7, 11) is 0. The summed E-state index contributed by atoms with van der Waals surface area (Å²) >= 11 is 0. The minimum Gasteiger partial charge on any atom is -0.397 e. The third-order valence-corrected chi connectivity index (χ3v) is 2.13. The van der Waals surface area contributed by atoms with Crippen molar-refractivity contribution in [1.82, 2.24) is 0 Å². The van der Waals surface area contributed by atoms with Gasteiger partial charge >= 0.3 is 0 Å². The van der Waals surface area contributed by atoms with Gasteiger partial charge in [0.15, 0.2) is 0 Å². The summed E-state index contributed by atoms with van der Waals surface area (Å²) in [5.41, 5.74) is 6.08. The Morgan fingerprint density at radius 2 is 1.67 bits per heavy atom. The fourth-order valence-electron chi connectivity index (χ4n) is 0.872.